The topological polar surface area (TPSA) is 35.5 Å². The van der Waals surface area contributed by atoms with Gasteiger partial charge in [-0.3, -0.25) is 4.90 Å². The lowest BCUT2D eigenvalue weighted by Crippen LogP contribution is -2.45. The minimum absolute atomic E-state index is 0.203. The second-order valence-electron chi connectivity index (χ2n) is 4.78. The van der Waals surface area contributed by atoms with Crippen molar-refractivity contribution in [1.82, 2.24) is 10.2 Å². The summed E-state index contributed by atoms with van der Waals surface area (Å²) in [5.74, 6) is 0. The summed E-state index contributed by atoms with van der Waals surface area (Å²) >= 11 is 0. The Kier molecular flexibility index (Phi) is 2.67. The van der Waals surface area contributed by atoms with Crippen LogP contribution in [0.5, 0.6) is 0 Å². The second kappa shape index (κ2) is 4.17. The summed E-state index contributed by atoms with van der Waals surface area (Å²) in [6.45, 7) is 3.71. The van der Waals surface area contributed by atoms with Crippen LogP contribution in [0.3, 0.4) is 0 Å². The molecule has 0 aromatic heterocycles. The van der Waals surface area contributed by atoms with E-state index in [9.17, 15) is 5.11 Å². The highest BCUT2D eigenvalue weighted by atomic mass is 16.3. The smallest absolute Gasteiger partial charge is 0.0831 e. The molecule has 0 amide bonds. The molecular weight excluding hydrogens is 200 g/mol. The normalized spacial score (nSPS) is 30.3. The molecule has 2 aliphatic rings. The Bertz CT molecular complexity index is 380. The molecule has 2 heterocycles. The molecule has 0 spiro atoms. The van der Waals surface area contributed by atoms with Gasteiger partial charge in [-0.25, -0.2) is 0 Å². The van der Waals surface area contributed by atoms with Gasteiger partial charge in [0.15, 0.2) is 0 Å². The van der Waals surface area contributed by atoms with E-state index in [2.05, 4.69) is 34.5 Å². The summed E-state index contributed by atoms with van der Waals surface area (Å²) in [6.07, 6.45) is 0.907. The average Bonchev–Trinajstić information content (AvgIpc) is 2.75. The summed E-state index contributed by atoms with van der Waals surface area (Å²) in [5.41, 5.74) is 2.90. The van der Waals surface area contributed by atoms with Crippen molar-refractivity contribution in [3.05, 3.63) is 35.4 Å². The van der Waals surface area contributed by atoms with E-state index in [4.69, 9.17) is 0 Å². The zero-order valence-corrected chi connectivity index (χ0v) is 9.39. The number of nitrogens with zero attached hydrogens (tertiary/aromatic N) is 1. The van der Waals surface area contributed by atoms with Crippen LogP contribution in [0, 0.1) is 0 Å². The first kappa shape index (κ1) is 10.3. The largest absolute Gasteiger partial charge is 0.390 e. The summed E-state index contributed by atoms with van der Waals surface area (Å²) < 4.78 is 0. The number of benzene rings is 1. The van der Waals surface area contributed by atoms with E-state index in [1.807, 2.05) is 0 Å². The van der Waals surface area contributed by atoms with Crippen LogP contribution in [0.2, 0.25) is 0 Å². The number of aliphatic hydroxyl groups is 1. The molecule has 1 fully saturated rings. The number of rotatable bonds is 1. The first-order valence-corrected chi connectivity index (χ1v) is 6.04. The maximum atomic E-state index is 9.89. The van der Waals surface area contributed by atoms with E-state index in [1.165, 1.54) is 11.1 Å². The van der Waals surface area contributed by atoms with Crippen molar-refractivity contribution >= 4 is 0 Å². The van der Waals surface area contributed by atoms with Crippen molar-refractivity contribution in [3.8, 4) is 0 Å². The molecule has 2 aliphatic heterocycles. The van der Waals surface area contributed by atoms with Gasteiger partial charge < -0.3 is 10.4 Å². The predicted molar refractivity (Wildman–Crippen MR) is 63.2 cm³/mol. The lowest BCUT2D eigenvalue weighted by molar-refractivity contribution is 0.0747. The third kappa shape index (κ3) is 1.75. The quantitative estimate of drug-likeness (QED) is 0.715. The maximum absolute atomic E-state index is 9.89. The Morgan fingerprint density at radius 1 is 1.19 bits per heavy atom. The SMILES string of the molecule is O[C@@H]1CNCC1N1CCc2ccccc2C1. The summed E-state index contributed by atoms with van der Waals surface area (Å²) in [5, 5.41) is 13.1. The van der Waals surface area contributed by atoms with Crippen molar-refractivity contribution in [2.75, 3.05) is 19.6 Å². The van der Waals surface area contributed by atoms with Gasteiger partial charge in [0.2, 0.25) is 0 Å². The Labute approximate surface area is 96.1 Å². The van der Waals surface area contributed by atoms with Crippen molar-refractivity contribution in [3.63, 3.8) is 0 Å². The van der Waals surface area contributed by atoms with Gasteiger partial charge in [0.25, 0.3) is 0 Å². The van der Waals surface area contributed by atoms with Gasteiger partial charge in [0, 0.05) is 32.2 Å². The number of aliphatic hydroxyl groups excluding tert-OH is 1. The van der Waals surface area contributed by atoms with Crippen LogP contribution in [0.4, 0.5) is 0 Å². The molecular formula is C13H18N2O. The molecule has 0 radical (unpaired) electrons. The first-order valence-electron chi connectivity index (χ1n) is 6.04. The van der Waals surface area contributed by atoms with Gasteiger partial charge in [-0.05, 0) is 17.5 Å². The first-order chi connectivity index (χ1) is 7.84. The molecule has 2 N–H and O–H groups in total. The van der Waals surface area contributed by atoms with Gasteiger partial charge in [-0.15, -0.1) is 0 Å². The zero-order chi connectivity index (χ0) is 11.0. The third-order valence-corrected chi connectivity index (χ3v) is 3.78. The molecule has 0 saturated carbocycles. The van der Waals surface area contributed by atoms with Crippen molar-refractivity contribution in [1.29, 1.82) is 0 Å². The molecule has 2 atom stereocenters. The standard InChI is InChI=1S/C13H18N2O/c16-13-8-14-7-12(13)15-6-5-10-3-1-2-4-11(10)9-15/h1-4,12-14,16H,5-9H2/t12?,13-/m1/s1. The van der Waals surface area contributed by atoms with Crippen LogP contribution in [0.15, 0.2) is 24.3 Å². The van der Waals surface area contributed by atoms with E-state index in [-0.39, 0.29) is 6.10 Å². The molecule has 86 valence electrons. The molecule has 3 heteroatoms. The second-order valence-corrected chi connectivity index (χ2v) is 4.78. The van der Waals surface area contributed by atoms with Crippen molar-refractivity contribution < 1.29 is 5.11 Å². The minimum atomic E-state index is -0.203. The highest BCUT2D eigenvalue weighted by Gasteiger charge is 2.32. The fourth-order valence-electron chi connectivity index (χ4n) is 2.82. The van der Waals surface area contributed by atoms with Crippen LogP contribution in [-0.2, 0) is 13.0 Å². The summed E-state index contributed by atoms with van der Waals surface area (Å²) in [4.78, 5) is 2.41. The Balaban J connectivity index is 1.77. The third-order valence-electron chi connectivity index (χ3n) is 3.78. The molecule has 1 aromatic carbocycles. The number of hydrogen-bond acceptors (Lipinski definition) is 3. The van der Waals surface area contributed by atoms with Crippen LogP contribution < -0.4 is 5.32 Å². The van der Waals surface area contributed by atoms with Crippen LogP contribution >= 0.6 is 0 Å². The number of hydrogen-bond donors (Lipinski definition) is 2. The van der Waals surface area contributed by atoms with Crippen LogP contribution in [0.1, 0.15) is 11.1 Å². The fourth-order valence-corrected chi connectivity index (χ4v) is 2.82. The molecule has 0 aliphatic carbocycles. The molecule has 1 unspecified atom stereocenters. The Morgan fingerprint density at radius 2 is 2.00 bits per heavy atom. The highest BCUT2D eigenvalue weighted by molar-refractivity contribution is 5.29. The summed E-state index contributed by atoms with van der Waals surface area (Å²) in [6, 6.07) is 8.94. The van der Waals surface area contributed by atoms with Gasteiger partial charge >= 0.3 is 0 Å². The number of fused-ring (bicyclic) bond motifs is 1. The van der Waals surface area contributed by atoms with E-state index >= 15 is 0 Å². The van der Waals surface area contributed by atoms with Crippen LogP contribution in [0.25, 0.3) is 0 Å². The molecule has 16 heavy (non-hydrogen) atoms. The predicted octanol–water partition coefficient (Wildman–Crippen LogP) is 0.377. The summed E-state index contributed by atoms with van der Waals surface area (Å²) in [7, 11) is 0. The lowest BCUT2D eigenvalue weighted by Gasteiger charge is -2.34. The van der Waals surface area contributed by atoms with Crippen molar-refractivity contribution in [2.24, 2.45) is 0 Å². The van der Waals surface area contributed by atoms with E-state index < -0.39 is 0 Å². The molecule has 3 rings (SSSR count). The number of nitrogens with one attached hydrogen (secondary N) is 1. The van der Waals surface area contributed by atoms with Gasteiger partial charge in [0.1, 0.15) is 0 Å². The Hall–Kier alpha value is -0.900. The number of β-amino-alcohol motifs (C(OH)–C–C–N with tert-alkyl or cyclic N) is 1. The van der Waals surface area contributed by atoms with Crippen molar-refractivity contribution in [2.45, 2.75) is 25.1 Å². The monoisotopic (exact) mass is 218 g/mol. The lowest BCUT2D eigenvalue weighted by atomic mass is 9.98. The zero-order valence-electron chi connectivity index (χ0n) is 9.39. The van der Waals surface area contributed by atoms with Crippen LogP contribution in [-0.4, -0.2) is 41.8 Å². The van der Waals surface area contributed by atoms with Gasteiger partial charge in [0.05, 0.1) is 6.10 Å². The highest BCUT2D eigenvalue weighted by Crippen LogP contribution is 2.22. The van der Waals surface area contributed by atoms with E-state index in [0.29, 0.717) is 6.04 Å². The molecule has 1 aromatic rings. The molecule has 1 saturated heterocycles. The molecule has 0 bridgehead atoms. The maximum Gasteiger partial charge on any atom is 0.0831 e. The van der Waals surface area contributed by atoms with E-state index in [1.54, 1.807) is 0 Å². The Morgan fingerprint density at radius 3 is 2.75 bits per heavy atom. The molecule has 3 nitrogen and oxygen atoms in total. The average molecular weight is 218 g/mol. The fraction of sp³-hybridized carbons (Fsp3) is 0.538. The van der Waals surface area contributed by atoms with Gasteiger partial charge in [-0.2, -0.15) is 0 Å². The minimum Gasteiger partial charge on any atom is -0.390 e. The van der Waals surface area contributed by atoms with E-state index in [0.717, 1.165) is 32.6 Å². The van der Waals surface area contributed by atoms with Gasteiger partial charge in [-0.1, -0.05) is 24.3 Å².